The molecule has 35 heavy (non-hydrogen) atoms. The van der Waals surface area contributed by atoms with E-state index in [0.29, 0.717) is 29.4 Å². The van der Waals surface area contributed by atoms with Crippen LogP contribution in [0.3, 0.4) is 0 Å². The number of rotatable bonds is 6. The summed E-state index contributed by atoms with van der Waals surface area (Å²) < 4.78 is 33.5. The smallest absolute Gasteiger partial charge is 0.155 e. The van der Waals surface area contributed by atoms with Gasteiger partial charge in [-0.2, -0.15) is 0 Å². The third-order valence-corrected chi connectivity index (χ3v) is 6.63. The number of aromatic nitrogens is 2. The second kappa shape index (κ2) is 8.65. The number of benzene rings is 2. The zero-order valence-corrected chi connectivity index (χ0v) is 19.7. The van der Waals surface area contributed by atoms with Crippen LogP contribution in [0.25, 0.3) is 28.1 Å². The molecular weight excluding hydrogens is 445 g/mol. The minimum Gasteiger partial charge on any atom is -0.496 e. The molecule has 5 aromatic rings. The molecule has 178 valence electrons. The van der Waals surface area contributed by atoms with Crippen molar-refractivity contribution in [2.45, 2.75) is 25.8 Å². The lowest BCUT2D eigenvalue weighted by Crippen LogP contribution is -2.34. The standard InChI is InChI=1S/C28H26FN3O3/c1-18-5-10-28-30-24(16-31(28)15-18)27-14-23-25(12-22(33-2)13-26(23)35-27)34-17-21-4-3-11-32(21)20-8-6-19(29)7-9-20/h5-10,12-16,21H,3-4,11,17H2,1-2H3. The summed E-state index contributed by atoms with van der Waals surface area (Å²) >= 11 is 0. The lowest BCUT2D eigenvalue weighted by atomic mass is 10.2. The summed E-state index contributed by atoms with van der Waals surface area (Å²) in [7, 11) is 1.63. The van der Waals surface area contributed by atoms with Crippen molar-refractivity contribution in [1.82, 2.24) is 9.38 Å². The topological polar surface area (TPSA) is 52.1 Å². The first kappa shape index (κ1) is 21.5. The van der Waals surface area contributed by atoms with Gasteiger partial charge in [0, 0.05) is 36.8 Å². The molecule has 0 radical (unpaired) electrons. The molecule has 0 spiro atoms. The predicted molar refractivity (Wildman–Crippen MR) is 134 cm³/mol. The number of halogens is 1. The van der Waals surface area contributed by atoms with E-state index in [0.717, 1.165) is 47.4 Å². The van der Waals surface area contributed by atoms with Gasteiger partial charge in [-0.3, -0.25) is 0 Å². The zero-order chi connectivity index (χ0) is 23.9. The number of imidazole rings is 1. The number of ether oxygens (including phenoxy) is 2. The van der Waals surface area contributed by atoms with Gasteiger partial charge in [-0.25, -0.2) is 9.37 Å². The Morgan fingerprint density at radius 3 is 2.77 bits per heavy atom. The van der Waals surface area contributed by atoms with E-state index >= 15 is 0 Å². The Hall–Kier alpha value is -4.00. The average molecular weight is 472 g/mol. The van der Waals surface area contributed by atoms with Gasteiger partial charge >= 0.3 is 0 Å². The minimum absolute atomic E-state index is 0.203. The highest BCUT2D eigenvalue weighted by molar-refractivity contribution is 5.89. The highest BCUT2D eigenvalue weighted by atomic mass is 19.1. The lowest BCUT2D eigenvalue weighted by Gasteiger charge is -2.27. The molecule has 1 aliphatic rings. The molecule has 0 aliphatic carbocycles. The molecule has 1 fully saturated rings. The van der Waals surface area contributed by atoms with Gasteiger partial charge < -0.3 is 23.2 Å². The first-order chi connectivity index (χ1) is 17.1. The normalized spacial score (nSPS) is 15.9. The maximum atomic E-state index is 13.4. The molecule has 6 nitrogen and oxygen atoms in total. The zero-order valence-electron chi connectivity index (χ0n) is 19.7. The van der Waals surface area contributed by atoms with E-state index < -0.39 is 0 Å². The van der Waals surface area contributed by atoms with Crippen LogP contribution in [0.4, 0.5) is 10.1 Å². The number of hydrogen-bond acceptors (Lipinski definition) is 5. The Morgan fingerprint density at radius 1 is 1.09 bits per heavy atom. The summed E-state index contributed by atoms with van der Waals surface area (Å²) in [4.78, 5) is 7.00. The first-order valence-corrected chi connectivity index (χ1v) is 11.8. The number of furan rings is 1. The Balaban J connectivity index is 1.30. The van der Waals surface area contributed by atoms with Crippen LogP contribution in [-0.4, -0.2) is 35.7 Å². The highest BCUT2D eigenvalue weighted by Gasteiger charge is 2.26. The molecule has 0 N–H and O–H groups in total. The Morgan fingerprint density at radius 2 is 1.94 bits per heavy atom. The molecule has 1 aliphatic heterocycles. The minimum atomic E-state index is -0.226. The average Bonchev–Trinajstić information content (AvgIpc) is 3.60. The predicted octanol–water partition coefficient (Wildman–Crippen LogP) is 6.25. The summed E-state index contributed by atoms with van der Waals surface area (Å²) in [5.74, 6) is 1.82. The van der Waals surface area contributed by atoms with Crippen molar-refractivity contribution in [2.24, 2.45) is 0 Å². The van der Waals surface area contributed by atoms with Crippen molar-refractivity contribution < 1.29 is 18.3 Å². The van der Waals surface area contributed by atoms with E-state index in [9.17, 15) is 4.39 Å². The van der Waals surface area contributed by atoms with Gasteiger partial charge in [-0.05, 0) is 61.7 Å². The fourth-order valence-corrected chi connectivity index (χ4v) is 4.84. The quantitative estimate of drug-likeness (QED) is 0.293. The summed E-state index contributed by atoms with van der Waals surface area (Å²) in [6.45, 7) is 3.49. The van der Waals surface area contributed by atoms with Crippen molar-refractivity contribution in [3.05, 3.63) is 78.4 Å². The van der Waals surface area contributed by atoms with E-state index in [1.165, 1.54) is 12.1 Å². The largest absolute Gasteiger partial charge is 0.496 e. The monoisotopic (exact) mass is 471 g/mol. The lowest BCUT2D eigenvalue weighted by molar-refractivity contribution is 0.290. The third kappa shape index (κ3) is 4.07. The fourth-order valence-electron chi connectivity index (χ4n) is 4.84. The molecule has 6 rings (SSSR count). The highest BCUT2D eigenvalue weighted by Crippen LogP contribution is 2.37. The molecule has 0 amide bonds. The number of anilines is 1. The van der Waals surface area contributed by atoms with Crippen LogP contribution in [0.2, 0.25) is 0 Å². The third-order valence-electron chi connectivity index (χ3n) is 6.63. The Bertz CT molecular complexity index is 1510. The van der Waals surface area contributed by atoms with E-state index in [-0.39, 0.29) is 11.9 Å². The van der Waals surface area contributed by atoms with Crippen LogP contribution in [0.1, 0.15) is 18.4 Å². The molecule has 1 unspecified atom stereocenters. The summed E-state index contributed by atoms with van der Waals surface area (Å²) in [5.41, 5.74) is 4.48. The van der Waals surface area contributed by atoms with Crippen LogP contribution < -0.4 is 14.4 Å². The summed E-state index contributed by atoms with van der Waals surface area (Å²) in [6, 6.07) is 16.6. The molecule has 0 bridgehead atoms. The van der Waals surface area contributed by atoms with Gasteiger partial charge in [0.05, 0.1) is 18.5 Å². The van der Waals surface area contributed by atoms with Gasteiger partial charge in [-0.15, -0.1) is 0 Å². The van der Waals surface area contributed by atoms with Crippen LogP contribution in [0, 0.1) is 12.7 Å². The maximum absolute atomic E-state index is 13.4. The van der Waals surface area contributed by atoms with Crippen LogP contribution >= 0.6 is 0 Å². The molecule has 0 saturated carbocycles. The van der Waals surface area contributed by atoms with Gasteiger partial charge in [0.1, 0.15) is 40.8 Å². The molecule has 3 aromatic heterocycles. The van der Waals surface area contributed by atoms with Crippen molar-refractivity contribution in [1.29, 1.82) is 0 Å². The van der Waals surface area contributed by atoms with Crippen LogP contribution in [-0.2, 0) is 0 Å². The van der Waals surface area contributed by atoms with Gasteiger partial charge in [0.15, 0.2) is 5.76 Å². The van der Waals surface area contributed by atoms with Gasteiger partial charge in [0.2, 0.25) is 0 Å². The number of pyridine rings is 1. The number of nitrogens with zero attached hydrogens (tertiary/aromatic N) is 3. The molecule has 1 atom stereocenters. The molecule has 2 aromatic carbocycles. The summed E-state index contributed by atoms with van der Waals surface area (Å²) in [6.07, 6.45) is 6.10. The molecular formula is C28H26FN3O3. The molecule has 1 saturated heterocycles. The van der Waals surface area contributed by atoms with Crippen LogP contribution in [0.5, 0.6) is 11.5 Å². The Labute approximate surface area is 202 Å². The van der Waals surface area contributed by atoms with Gasteiger partial charge in [-0.1, -0.05) is 6.07 Å². The first-order valence-electron chi connectivity index (χ1n) is 11.8. The van der Waals surface area contributed by atoms with E-state index in [1.807, 2.05) is 59.3 Å². The van der Waals surface area contributed by atoms with E-state index in [1.54, 1.807) is 7.11 Å². The SMILES string of the molecule is COc1cc(OCC2CCCN2c2ccc(F)cc2)c2cc(-c3cn4cc(C)ccc4n3)oc2c1. The van der Waals surface area contributed by atoms with E-state index in [2.05, 4.69) is 11.8 Å². The van der Waals surface area contributed by atoms with Crippen LogP contribution in [0.15, 0.2) is 71.4 Å². The fraction of sp³-hybridized carbons (Fsp3) is 0.250. The van der Waals surface area contributed by atoms with Crippen molar-refractivity contribution in [2.75, 3.05) is 25.2 Å². The molecule has 4 heterocycles. The molecule has 7 heteroatoms. The second-order valence-corrected chi connectivity index (χ2v) is 9.02. The number of aryl methyl sites for hydroxylation is 1. The number of methoxy groups -OCH3 is 1. The maximum Gasteiger partial charge on any atom is 0.155 e. The van der Waals surface area contributed by atoms with Gasteiger partial charge in [0.25, 0.3) is 0 Å². The van der Waals surface area contributed by atoms with E-state index in [4.69, 9.17) is 18.9 Å². The number of hydrogen-bond donors (Lipinski definition) is 0. The second-order valence-electron chi connectivity index (χ2n) is 9.02. The Kier molecular flexibility index (Phi) is 5.32. The number of fused-ring (bicyclic) bond motifs is 2. The van der Waals surface area contributed by atoms with Crippen molar-refractivity contribution >= 4 is 22.3 Å². The summed E-state index contributed by atoms with van der Waals surface area (Å²) in [5, 5.41) is 0.875. The van der Waals surface area contributed by atoms with Crippen molar-refractivity contribution in [3.63, 3.8) is 0 Å². The van der Waals surface area contributed by atoms with Crippen molar-refractivity contribution in [3.8, 4) is 23.0 Å².